The number of fused-ring (bicyclic) bond motifs is 1. The maximum Gasteiger partial charge on any atom is 0.0374 e. The number of benzene rings is 1. The van der Waals surface area contributed by atoms with E-state index in [-0.39, 0.29) is 0 Å². The zero-order valence-corrected chi connectivity index (χ0v) is 10.4. The Morgan fingerprint density at radius 1 is 1.00 bits per heavy atom. The van der Waals surface area contributed by atoms with Gasteiger partial charge < -0.3 is 11.1 Å². The Morgan fingerprint density at radius 3 is 2.59 bits per heavy atom. The van der Waals surface area contributed by atoms with Crippen molar-refractivity contribution in [2.45, 2.75) is 50.6 Å². The third kappa shape index (κ3) is 2.32. The summed E-state index contributed by atoms with van der Waals surface area (Å²) < 4.78 is 0. The van der Waals surface area contributed by atoms with E-state index < -0.39 is 0 Å². The van der Waals surface area contributed by atoms with Crippen molar-refractivity contribution < 1.29 is 0 Å². The summed E-state index contributed by atoms with van der Waals surface area (Å²) in [5, 5.41) is 3.74. The fraction of sp³-hybridized carbons (Fsp3) is 0.600. The summed E-state index contributed by atoms with van der Waals surface area (Å²) in [5.74, 6) is 0.836. The van der Waals surface area contributed by atoms with E-state index in [2.05, 4.69) is 29.6 Å². The highest BCUT2D eigenvalue weighted by molar-refractivity contribution is 5.53. The number of anilines is 1. The van der Waals surface area contributed by atoms with Crippen molar-refractivity contribution in [2.24, 2.45) is 11.7 Å². The minimum absolute atomic E-state index is 0.460. The molecule has 1 aliphatic heterocycles. The summed E-state index contributed by atoms with van der Waals surface area (Å²) in [5.41, 5.74) is 8.83. The van der Waals surface area contributed by atoms with Crippen LogP contribution in [0.5, 0.6) is 0 Å². The molecule has 2 heteroatoms. The standard InChI is InChI=1S/C15H22N2/c16-13-8-5-12(6-9-13)15-10-7-11-3-1-2-4-14(11)17-15/h1-4,12-13,15,17H,5-10,16H2. The summed E-state index contributed by atoms with van der Waals surface area (Å²) in [6.07, 6.45) is 7.56. The minimum atomic E-state index is 0.460. The number of hydrogen-bond donors (Lipinski definition) is 2. The zero-order valence-electron chi connectivity index (χ0n) is 10.4. The van der Waals surface area contributed by atoms with Crippen LogP contribution in [0.4, 0.5) is 5.69 Å². The SMILES string of the molecule is NC1CCC(C2CCc3ccccc3N2)CC1. The van der Waals surface area contributed by atoms with E-state index in [1.54, 1.807) is 0 Å². The van der Waals surface area contributed by atoms with Gasteiger partial charge in [-0.05, 0) is 56.1 Å². The van der Waals surface area contributed by atoms with Crippen LogP contribution in [0.15, 0.2) is 24.3 Å². The van der Waals surface area contributed by atoms with Crippen LogP contribution in [-0.4, -0.2) is 12.1 Å². The Morgan fingerprint density at radius 2 is 1.76 bits per heavy atom. The first-order valence-corrected chi connectivity index (χ1v) is 6.93. The Kier molecular flexibility index (Phi) is 3.06. The minimum Gasteiger partial charge on any atom is -0.382 e. The zero-order chi connectivity index (χ0) is 11.7. The molecule has 1 heterocycles. The van der Waals surface area contributed by atoms with Gasteiger partial charge in [0.2, 0.25) is 0 Å². The molecule has 3 N–H and O–H groups in total. The van der Waals surface area contributed by atoms with Gasteiger partial charge in [0.05, 0.1) is 0 Å². The predicted octanol–water partition coefficient (Wildman–Crippen LogP) is 2.93. The molecule has 2 nitrogen and oxygen atoms in total. The second kappa shape index (κ2) is 4.69. The van der Waals surface area contributed by atoms with Gasteiger partial charge in [0, 0.05) is 17.8 Å². The lowest BCUT2D eigenvalue weighted by Crippen LogP contribution is -2.37. The van der Waals surface area contributed by atoms with E-state index in [9.17, 15) is 0 Å². The van der Waals surface area contributed by atoms with Gasteiger partial charge in [0.25, 0.3) is 0 Å². The average molecular weight is 230 g/mol. The molecule has 0 bridgehead atoms. The maximum atomic E-state index is 5.98. The Labute approximate surface area is 104 Å². The lowest BCUT2D eigenvalue weighted by Gasteiger charge is -2.36. The number of rotatable bonds is 1. The third-order valence-electron chi connectivity index (χ3n) is 4.47. The van der Waals surface area contributed by atoms with Crippen molar-refractivity contribution in [3.8, 4) is 0 Å². The molecule has 1 aliphatic carbocycles. The molecule has 2 aliphatic rings. The van der Waals surface area contributed by atoms with E-state index in [4.69, 9.17) is 5.73 Å². The van der Waals surface area contributed by atoms with E-state index in [1.165, 1.54) is 49.8 Å². The number of aryl methyl sites for hydroxylation is 1. The average Bonchev–Trinajstić information content (AvgIpc) is 2.39. The molecular weight excluding hydrogens is 208 g/mol. The summed E-state index contributed by atoms with van der Waals surface area (Å²) >= 11 is 0. The van der Waals surface area contributed by atoms with Crippen LogP contribution in [0.25, 0.3) is 0 Å². The lowest BCUT2D eigenvalue weighted by molar-refractivity contribution is 0.283. The highest BCUT2D eigenvalue weighted by Gasteiger charge is 2.28. The summed E-state index contributed by atoms with van der Waals surface area (Å²) in [7, 11) is 0. The van der Waals surface area contributed by atoms with Gasteiger partial charge in [0.15, 0.2) is 0 Å². The maximum absolute atomic E-state index is 5.98. The fourth-order valence-corrected chi connectivity index (χ4v) is 3.36. The van der Waals surface area contributed by atoms with Gasteiger partial charge in [-0.25, -0.2) is 0 Å². The van der Waals surface area contributed by atoms with Crippen molar-refractivity contribution in [2.75, 3.05) is 5.32 Å². The van der Waals surface area contributed by atoms with Crippen LogP contribution >= 0.6 is 0 Å². The molecule has 1 unspecified atom stereocenters. The molecule has 0 aromatic heterocycles. The molecule has 92 valence electrons. The number of hydrogen-bond acceptors (Lipinski definition) is 2. The highest BCUT2D eigenvalue weighted by atomic mass is 14.9. The van der Waals surface area contributed by atoms with E-state index in [1.807, 2.05) is 0 Å². The molecule has 1 fully saturated rings. The van der Waals surface area contributed by atoms with Crippen molar-refractivity contribution >= 4 is 5.69 Å². The molecule has 17 heavy (non-hydrogen) atoms. The first-order chi connectivity index (χ1) is 8.33. The van der Waals surface area contributed by atoms with E-state index >= 15 is 0 Å². The molecule has 1 aromatic carbocycles. The van der Waals surface area contributed by atoms with Crippen molar-refractivity contribution in [1.82, 2.24) is 0 Å². The van der Waals surface area contributed by atoms with Crippen LogP contribution in [-0.2, 0) is 6.42 Å². The molecule has 0 saturated heterocycles. The number of nitrogens with one attached hydrogen (secondary N) is 1. The molecule has 0 radical (unpaired) electrons. The lowest BCUT2D eigenvalue weighted by atomic mass is 9.78. The molecule has 1 aromatic rings. The summed E-state index contributed by atoms with van der Waals surface area (Å²) in [6.45, 7) is 0. The molecule has 0 amide bonds. The topological polar surface area (TPSA) is 38.0 Å². The normalized spacial score (nSPS) is 32.6. The van der Waals surface area contributed by atoms with Gasteiger partial charge in [-0.3, -0.25) is 0 Å². The van der Waals surface area contributed by atoms with Gasteiger partial charge in [0.1, 0.15) is 0 Å². The van der Waals surface area contributed by atoms with Crippen LogP contribution in [0.1, 0.15) is 37.7 Å². The van der Waals surface area contributed by atoms with Crippen LogP contribution < -0.4 is 11.1 Å². The quantitative estimate of drug-likeness (QED) is 0.778. The predicted molar refractivity (Wildman–Crippen MR) is 72.1 cm³/mol. The molecule has 1 saturated carbocycles. The first-order valence-electron chi connectivity index (χ1n) is 6.93. The fourth-order valence-electron chi connectivity index (χ4n) is 3.36. The highest BCUT2D eigenvalue weighted by Crippen LogP contribution is 2.33. The van der Waals surface area contributed by atoms with Gasteiger partial charge in [-0.15, -0.1) is 0 Å². The van der Waals surface area contributed by atoms with E-state index in [0.29, 0.717) is 12.1 Å². The van der Waals surface area contributed by atoms with Crippen LogP contribution in [0, 0.1) is 5.92 Å². The first kappa shape index (κ1) is 11.1. The smallest absolute Gasteiger partial charge is 0.0374 e. The molecular formula is C15H22N2. The molecule has 0 spiro atoms. The van der Waals surface area contributed by atoms with Crippen LogP contribution in [0.3, 0.4) is 0 Å². The Hall–Kier alpha value is -1.02. The number of para-hydroxylation sites is 1. The van der Waals surface area contributed by atoms with Gasteiger partial charge in [-0.1, -0.05) is 18.2 Å². The molecule has 1 atom stereocenters. The monoisotopic (exact) mass is 230 g/mol. The van der Waals surface area contributed by atoms with E-state index in [0.717, 1.165) is 5.92 Å². The van der Waals surface area contributed by atoms with Crippen LogP contribution in [0.2, 0.25) is 0 Å². The summed E-state index contributed by atoms with van der Waals surface area (Å²) in [6, 6.07) is 9.87. The Bertz CT molecular complexity index is 380. The second-order valence-corrected chi connectivity index (χ2v) is 5.62. The Balaban J connectivity index is 1.68. The second-order valence-electron chi connectivity index (χ2n) is 5.62. The number of nitrogens with two attached hydrogens (primary N) is 1. The largest absolute Gasteiger partial charge is 0.382 e. The van der Waals surface area contributed by atoms with Gasteiger partial charge in [-0.2, -0.15) is 0 Å². The summed E-state index contributed by atoms with van der Waals surface area (Å²) in [4.78, 5) is 0. The van der Waals surface area contributed by atoms with Crippen molar-refractivity contribution in [3.05, 3.63) is 29.8 Å². The van der Waals surface area contributed by atoms with Crippen molar-refractivity contribution in [3.63, 3.8) is 0 Å². The third-order valence-corrected chi connectivity index (χ3v) is 4.47. The van der Waals surface area contributed by atoms with Crippen molar-refractivity contribution in [1.29, 1.82) is 0 Å². The molecule has 3 rings (SSSR count). The van der Waals surface area contributed by atoms with Gasteiger partial charge >= 0.3 is 0 Å².